The first-order valence-corrected chi connectivity index (χ1v) is 43.7. The van der Waals surface area contributed by atoms with Crippen molar-refractivity contribution in [2.45, 2.75) is 186 Å². The number of likely N-dealkylation sites (N-methyl/N-ethyl adjacent to an activating group) is 2. The number of carboxylic acid groups (broad SMARTS) is 1. The summed E-state index contributed by atoms with van der Waals surface area (Å²) in [4.78, 5) is 161. The second kappa shape index (κ2) is 33.6. The van der Waals surface area contributed by atoms with Crippen LogP contribution in [-0.4, -0.2) is 213 Å². The van der Waals surface area contributed by atoms with Crippen LogP contribution in [0.4, 0.5) is 28.0 Å². The number of alkyl halides is 2. The van der Waals surface area contributed by atoms with Crippen LogP contribution in [0.1, 0.15) is 194 Å². The number of likely N-dealkylation sites (tertiary alicyclic amines) is 4. The van der Waals surface area contributed by atoms with E-state index < -0.39 is 54.5 Å². The average Bonchev–Trinajstić information content (AvgIpc) is 1.51. The Morgan fingerprint density at radius 2 is 0.865 bits per heavy atom. The van der Waals surface area contributed by atoms with Crippen molar-refractivity contribution in [1.82, 2.24) is 79.9 Å². The van der Waals surface area contributed by atoms with Crippen molar-refractivity contribution < 1.29 is 71.2 Å². The lowest BCUT2D eigenvalue weighted by Crippen LogP contribution is -2.54. The van der Waals surface area contributed by atoms with Crippen LogP contribution in [0.3, 0.4) is 0 Å². The van der Waals surface area contributed by atoms with E-state index in [1.54, 1.807) is 60.6 Å². The molecule has 8 aliphatic rings. The van der Waals surface area contributed by atoms with Gasteiger partial charge in [-0.1, -0.05) is 116 Å². The van der Waals surface area contributed by atoms with Crippen molar-refractivity contribution in [3.05, 3.63) is 167 Å². The van der Waals surface area contributed by atoms with Gasteiger partial charge in [0.1, 0.15) is 47.5 Å². The van der Waals surface area contributed by atoms with Crippen molar-refractivity contribution in [1.29, 1.82) is 0 Å². The number of ketones is 1. The summed E-state index contributed by atoms with van der Waals surface area (Å²) in [6.07, 6.45) is 8.74. The van der Waals surface area contributed by atoms with Gasteiger partial charge in [-0.2, -0.15) is 8.78 Å². The number of nitrogens with zero attached hydrogens (tertiary/aromatic N) is 10. The van der Waals surface area contributed by atoms with Crippen LogP contribution in [-0.2, 0) is 39.3 Å². The van der Waals surface area contributed by atoms with Gasteiger partial charge in [-0.3, -0.25) is 33.8 Å². The van der Waals surface area contributed by atoms with Crippen molar-refractivity contribution in [3.63, 3.8) is 0 Å². The number of carbonyl (C=O) groups excluding carboxylic acids is 8. The number of piperidine rings is 2. The first-order valence-electron chi connectivity index (χ1n) is 43.7. The molecule has 18 rings (SSSR count). The number of hydrogen-bond donors (Lipinski definition) is 7. The van der Waals surface area contributed by atoms with Gasteiger partial charge in [-0.25, -0.2) is 39.1 Å². The maximum Gasteiger partial charge on any atom is 0.409 e. The van der Waals surface area contributed by atoms with Crippen LogP contribution >= 0.6 is 0 Å². The number of benzene rings is 6. The van der Waals surface area contributed by atoms with E-state index in [1.165, 1.54) is 37.2 Å². The number of H-pyrrole nitrogens is 4. The molecular formula is C95H106F2N16O13. The summed E-state index contributed by atoms with van der Waals surface area (Å²) in [6, 6.07) is 29.5. The van der Waals surface area contributed by atoms with Gasteiger partial charge in [-0.05, 0) is 193 Å². The van der Waals surface area contributed by atoms with Gasteiger partial charge in [0, 0.05) is 72.6 Å². The number of aromatic amines is 4. The Kier molecular flexibility index (Phi) is 22.7. The second-order valence-corrected chi connectivity index (χ2v) is 36.3. The fourth-order valence-electron chi connectivity index (χ4n) is 21.3. The molecule has 0 spiro atoms. The van der Waals surface area contributed by atoms with Crippen LogP contribution in [0.25, 0.3) is 89.1 Å². The molecule has 8 heterocycles. The number of fused-ring (bicyclic) bond motifs is 12. The minimum Gasteiger partial charge on any atom is -0.465 e. The van der Waals surface area contributed by atoms with E-state index in [2.05, 4.69) is 35.6 Å². The number of rotatable bonds is 20. The molecule has 6 fully saturated rings. The second-order valence-electron chi connectivity index (χ2n) is 36.3. The number of imidazole rings is 4. The molecule has 4 aliphatic heterocycles. The molecule has 4 aliphatic carbocycles. The van der Waals surface area contributed by atoms with E-state index in [0.717, 1.165) is 113 Å². The van der Waals surface area contributed by atoms with Crippen molar-refractivity contribution in [2.75, 3.05) is 48.5 Å². The molecule has 4 saturated heterocycles. The van der Waals surface area contributed by atoms with Crippen molar-refractivity contribution in [2.24, 2.45) is 35.5 Å². The zero-order chi connectivity index (χ0) is 89.1. The molecule has 658 valence electrons. The van der Waals surface area contributed by atoms with Gasteiger partial charge >= 0.3 is 24.4 Å². The van der Waals surface area contributed by atoms with E-state index in [9.17, 15) is 48.3 Å². The fraction of sp³-hybridized carbons (Fsp3) is 0.442. The molecule has 0 unspecified atom stereocenters. The molecule has 0 radical (unpaired) electrons. The van der Waals surface area contributed by atoms with Crippen LogP contribution in [0.2, 0.25) is 0 Å². The summed E-state index contributed by atoms with van der Waals surface area (Å²) < 4.78 is 47.9. The third kappa shape index (κ3) is 15.1. The monoisotopic (exact) mass is 1720 g/mol. The molecule has 6 aromatic carbocycles. The number of nitrogens with one attached hydrogen (secondary N) is 6. The first-order chi connectivity index (χ1) is 60.3. The number of hydrogen-bond acceptors (Lipinski definition) is 16. The molecule has 4 aromatic heterocycles. The van der Waals surface area contributed by atoms with Crippen LogP contribution < -0.4 is 10.6 Å². The summed E-state index contributed by atoms with van der Waals surface area (Å²) >= 11 is 0. The lowest BCUT2D eigenvalue weighted by atomic mass is 9.95. The highest BCUT2D eigenvalue weighted by Crippen LogP contribution is 2.55. The SMILES string of the molecule is COC(=O)N(C)[C@H](C(=O)N1CCC[C@H]1c1ncc(-c2ccc3c(c2)C(=O)c2cc(-c4ccc5nc([C@@H]6[C@H]7CC[C@H](C7)N6C(=O)[C@@H](NC(=O)O)C(C)C)[nH]c5c4)ccc2-3)[nH]1)C(C)C.COC(=O)N[C@H](C(=O)N1[C@@H]2CC[C@@H](C2)[C@H]1c1nc2ccc(-c3ccc4c(c3)C(F)(F)c3cc(-c5cnc([C@@H]6CCCN6C(=O)[C@H](C(C)C)N(C)C(=O)OC)[nH]5)ccc3-4)cc2[nH]1)C(C)C. The highest BCUT2D eigenvalue weighted by Gasteiger charge is 2.54. The average molecular weight is 1720 g/mol. The fourth-order valence-corrected chi connectivity index (χ4v) is 21.3. The molecule has 12 atom stereocenters. The molecule has 126 heavy (non-hydrogen) atoms. The third-order valence-electron chi connectivity index (χ3n) is 27.4. The summed E-state index contributed by atoms with van der Waals surface area (Å²) in [5, 5.41) is 14.7. The van der Waals surface area contributed by atoms with Crippen LogP contribution in [0, 0.1) is 35.5 Å². The lowest BCUT2D eigenvalue weighted by molar-refractivity contribution is -0.140. The van der Waals surface area contributed by atoms with E-state index in [-0.39, 0.29) is 112 Å². The highest BCUT2D eigenvalue weighted by molar-refractivity contribution is 6.22. The predicted molar refractivity (Wildman–Crippen MR) is 466 cm³/mol. The number of halogens is 2. The highest BCUT2D eigenvalue weighted by atomic mass is 19.3. The van der Waals surface area contributed by atoms with E-state index in [0.29, 0.717) is 87.4 Å². The predicted octanol–water partition coefficient (Wildman–Crippen LogP) is 16.1. The number of carbonyl (C=O) groups is 9. The van der Waals surface area contributed by atoms with Gasteiger partial charge in [0.2, 0.25) is 23.6 Å². The van der Waals surface area contributed by atoms with Crippen LogP contribution in [0.15, 0.2) is 122 Å². The Morgan fingerprint density at radius 1 is 0.468 bits per heavy atom. The number of ether oxygens (including phenoxy) is 3. The van der Waals surface area contributed by atoms with Crippen molar-refractivity contribution in [3.8, 4) is 67.0 Å². The maximum atomic E-state index is 16.6. The summed E-state index contributed by atoms with van der Waals surface area (Å²) in [6.45, 7) is 16.1. The molecular weight excluding hydrogens is 1610 g/mol. The molecule has 31 heteroatoms. The minimum absolute atomic E-state index is 0.0454. The Labute approximate surface area is 727 Å². The van der Waals surface area contributed by atoms with E-state index in [4.69, 9.17) is 29.2 Å². The number of alkyl carbamates (subject to hydrolysis) is 1. The Hall–Kier alpha value is -12.8. The van der Waals surface area contributed by atoms with Crippen molar-refractivity contribution >= 4 is 75.9 Å². The number of amides is 8. The van der Waals surface area contributed by atoms with Gasteiger partial charge in [0.05, 0.1) is 91.3 Å². The molecule has 4 bridgehead atoms. The third-order valence-corrected chi connectivity index (χ3v) is 27.4. The van der Waals surface area contributed by atoms with Gasteiger partial charge in [0.25, 0.3) is 5.92 Å². The number of methoxy groups -OCH3 is 3. The smallest absolute Gasteiger partial charge is 0.409 e. The first kappa shape index (κ1) is 85.3. The normalized spacial score (nSPS) is 21.4. The number of aromatic nitrogens is 8. The Morgan fingerprint density at radius 3 is 1.29 bits per heavy atom. The zero-order valence-corrected chi connectivity index (χ0v) is 72.8. The Balaban J connectivity index is 0.000000178. The maximum absolute atomic E-state index is 16.6. The largest absolute Gasteiger partial charge is 0.465 e. The Bertz CT molecular complexity index is 6010. The van der Waals surface area contributed by atoms with Gasteiger partial charge < -0.3 is 69.5 Å². The van der Waals surface area contributed by atoms with Crippen LogP contribution in [0.5, 0.6) is 0 Å². The lowest BCUT2D eigenvalue weighted by Gasteiger charge is -2.37. The molecule has 2 saturated carbocycles. The molecule has 7 N–H and O–H groups in total. The van der Waals surface area contributed by atoms with Gasteiger partial charge in [0.15, 0.2) is 5.78 Å². The topological polar surface area (TPSA) is 360 Å². The van der Waals surface area contributed by atoms with E-state index in [1.807, 2.05) is 144 Å². The summed E-state index contributed by atoms with van der Waals surface area (Å²) in [5.41, 5.74) is 12.5. The van der Waals surface area contributed by atoms with Gasteiger partial charge in [-0.15, -0.1) is 0 Å². The molecule has 29 nitrogen and oxygen atoms in total. The minimum atomic E-state index is -3.29. The quantitative estimate of drug-likeness (QED) is 0.0349. The van der Waals surface area contributed by atoms with E-state index >= 15 is 8.78 Å². The standard InChI is InChI=1S/C48H54F2N8O6.C47H52N8O7/c1-24(2)39(55-46(61)63-6)44(59)58-30-14-10-29(19-30)41(58)43-52-35-17-13-27(22-36(35)53-43)26-11-15-31-32-16-12-28(21-34(32)48(49,50)33(31)20-26)37-23-51-42(54-37)38-9-8-18-57(38)45(60)40(25(3)4)56(5)47(62)64-7;1-23(2)38(52-46(59)60)44(57)55-29-13-9-28(18-29)40(55)43-49-34-16-12-26(21-35(34)50-43)25-10-14-30-31-15-11-27(20-33(31)41(56)32(30)19-25)36-22-48-42(51-36)37-8-7-17-54(37)45(58)39(24(3)4)53(5)47(61)62-6/h11-13,15-17,20-25,29-30,38-41H,8-10,14,18-19H2,1-7H3,(H,51,54)(H,52,53)(H,55,61);10-12,14-16,19-24,28-29,37-40,52H,7-9,13,17-18H2,1-6H3,(H,48,51)(H,49,50)(H,59,60)/t29-,30+,38-,39-,40-,41-;28-,29+,37-,38-,39-,40-/m00/s1. The summed E-state index contributed by atoms with van der Waals surface area (Å²) in [7, 11) is 7.01. The zero-order valence-electron chi connectivity index (χ0n) is 72.8. The molecule has 10 aromatic rings. The molecule has 8 amide bonds. The summed E-state index contributed by atoms with van der Waals surface area (Å²) in [5.74, 6) is -1.70.